The average molecular weight is 331 g/mol. The van der Waals surface area contributed by atoms with Crippen molar-refractivity contribution < 1.29 is 18.1 Å². The molecule has 1 amide bonds. The van der Waals surface area contributed by atoms with Crippen molar-refractivity contribution in [2.45, 2.75) is 6.92 Å². The lowest BCUT2D eigenvalue weighted by Gasteiger charge is -2.06. The smallest absolute Gasteiger partial charge is 0.277 e. The number of anilines is 3. The monoisotopic (exact) mass is 331 g/mol. The quantitative estimate of drug-likeness (QED) is 0.763. The Morgan fingerprint density at radius 2 is 1.92 bits per heavy atom. The van der Waals surface area contributed by atoms with Crippen LogP contribution in [0.3, 0.4) is 0 Å². The van der Waals surface area contributed by atoms with E-state index in [2.05, 4.69) is 25.8 Å². The lowest BCUT2D eigenvalue weighted by molar-refractivity contribution is 0.102. The van der Waals surface area contributed by atoms with Gasteiger partial charge in [-0.05, 0) is 19.1 Å². The van der Waals surface area contributed by atoms with Gasteiger partial charge in [0.1, 0.15) is 17.3 Å². The van der Waals surface area contributed by atoms with Crippen molar-refractivity contribution in [3.8, 4) is 0 Å². The van der Waals surface area contributed by atoms with Crippen molar-refractivity contribution >= 4 is 23.2 Å². The molecule has 24 heavy (non-hydrogen) atoms. The fourth-order valence-electron chi connectivity index (χ4n) is 1.84. The zero-order chi connectivity index (χ0) is 17.1. The van der Waals surface area contributed by atoms with Gasteiger partial charge in [-0.1, -0.05) is 5.16 Å². The first kappa shape index (κ1) is 15.5. The van der Waals surface area contributed by atoms with Gasteiger partial charge in [0, 0.05) is 17.8 Å². The van der Waals surface area contributed by atoms with Crippen molar-refractivity contribution in [3.05, 3.63) is 59.7 Å². The summed E-state index contributed by atoms with van der Waals surface area (Å²) in [6.45, 7) is 1.70. The van der Waals surface area contributed by atoms with Crippen LogP contribution in [0.1, 0.15) is 16.2 Å². The first-order chi connectivity index (χ1) is 11.5. The predicted molar refractivity (Wildman–Crippen MR) is 80.9 cm³/mol. The Kier molecular flexibility index (Phi) is 4.15. The maximum Gasteiger partial charge on any atom is 0.277 e. The van der Waals surface area contributed by atoms with Crippen LogP contribution < -0.4 is 10.6 Å². The number of hydrogen-bond acceptors (Lipinski definition) is 6. The number of benzene rings is 1. The highest BCUT2D eigenvalue weighted by molar-refractivity contribution is 6.02. The van der Waals surface area contributed by atoms with E-state index in [1.807, 2.05) is 0 Å². The van der Waals surface area contributed by atoms with Crippen molar-refractivity contribution in [2.24, 2.45) is 0 Å². The largest absolute Gasteiger partial charge is 0.360 e. The van der Waals surface area contributed by atoms with Gasteiger partial charge < -0.3 is 15.2 Å². The van der Waals surface area contributed by atoms with Crippen LogP contribution in [0, 0.1) is 18.6 Å². The molecule has 7 nitrogen and oxygen atoms in total. The first-order valence-corrected chi connectivity index (χ1v) is 6.80. The molecule has 0 fully saturated rings. The average Bonchev–Trinajstić information content (AvgIpc) is 2.96. The van der Waals surface area contributed by atoms with E-state index in [-0.39, 0.29) is 17.3 Å². The third-order valence-corrected chi connectivity index (χ3v) is 2.95. The van der Waals surface area contributed by atoms with Crippen LogP contribution in [0.15, 0.2) is 41.2 Å². The molecule has 0 aliphatic rings. The van der Waals surface area contributed by atoms with Gasteiger partial charge in [-0.25, -0.2) is 18.7 Å². The summed E-state index contributed by atoms with van der Waals surface area (Å²) in [5.41, 5.74) is 0.366. The second kappa shape index (κ2) is 6.41. The third-order valence-electron chi connectivity index (χ3n) is 2.95. The van der Waals surface area contributed by atoms with Gasteiger partial charge in [-0.3, -0.25) is 4.79 Å². The van der Waals surface area contributed by atoms with Crippen LogP contribution in [-0.2, 0) is 0 Å². The molecule has 2 heterocycles. The first-order valence-electron chi connectivity index (χ1n) is 6.80. The van der Waals surface area contributed by atoms with Crippen molar-refractivity contribution in [2.75, 3.05) is 10.6 Å². The van der Waals surface area contributed by atoms with Crippen molar-refractivity contribution in [1.82, 2.24) is 15.1 Å². The van der Waals surface area contributed by atoms with E-state index in [1.165, 1.54) is 18.5 Å². The molecule has 0 radical (unpaired) electrons. The molecule has 2 aromatic heterocycles. The molecule has 0 atom stereocenters. The van der Waals surface area contributed by atoms with E-state index in [9.17, 15) is 13.6 Å². The van der Waals surface area contributed by atoms with Gasteiger partial charge in [0.15, 0.2) is 17.5 Å². The Hall–Kier alpha value is -3.36. The van der Waals surface area contributed by atoms with Gasteiger partial charge >= 0.3 is 0 Å². The zero-order valence-electron chi connectivity index (χ0n) is 12.4. The molecular weight excluding hydrogens is 320 g/mol. The maximum atomic E-state index is 13.1. The Bertz CT molecular complexity index is 880. The van der Waals surface area contributed by atoms with Gasteiger partial charge in [0.25, 0.3) is 5.91 Å². The molecule has 0 aliphatic heterocycles. The Labute approximate surface area is 134 Å². The van der Waals surface area contributed by atoms with Gasteiger partial charge in [0.2, 0.25) is 0 Å². The number of amides is 1. The van der Waals surface area contributed by atoms with E-state index in [4.69, 9.17) is 4.52 Å². The van der Waals surface area contributed by atoms with Gasteiger partial charge in [-0.15, -0.1) is 0 Å². The molecular formula is C15H11F2N5O2. The fourth-order valence-corrected chi connectivity index (χ4v) is 1.84. The minimum Gasteiger partial charge on any atom is -0.360 e. The number of carbonyl (C=O) groups excluding carboxylic acids is 1. The van der Waals surface area contributed by atoms with Crippen molar-refractivity contribution in [1.29, 1.82) is 0 Å². The number of aromatic nitrogens is 3. The standard InChI is InChI=1S/C15H11F2N5O2/c1-8-4-13(22-24-8)21-15(23)12-6-19-14(7-18-12)20-9-2-3-10(16)11(17)5-9/h2-7H,1H3,(H,19,20)(H,21,22,23). The molecule has 3 aromatic rings. The van der Waals surface area contributed by atoms with Crippen LogP contribution in [0.5, 0.6) is 0 Å². The summed E-state index contributed by atoms with van der Waals surface area (Å²) in [6.07, 6.45) is 2.54. The molecule has 2 N–H and O–H groups in total. The number of aryl methyl sites for hydroxylation is 1. The number of nitrogens with one attached hydrogen (secondary N) is 2. The molecule has 0 saturated heterocycles. The molecule has 0 aliphatic carbocycles. The van der Waals surface area contributed by atoms with E-state index < -0.39 is 17.5 Å². The summed E-state index contributed by atoms with van der Waals surface area (Å²) in [4.78, 5) is 19.9. The lowest BCUT2D eigenvalue weighted by Crippen LogP contribution is -2.14. The second-order valence-corrected chi connectivity index (χ2v) is 4.82. The van der Waals surface area contributed by atoms with E-state index in [0.29, 0.717) is 11.4 Å². The highest BCUT2D eigenvalue weighted by atomic mass is 19.2. The summed E-state index contributed by atoms with van der Waals surface area (Å²) < 4.78 is 30.9. The van der Waals surface area contributed by atoms with Crippen LogP contribution in [0.4, 0.5) is 26.1 Å². The summed E-state index contributed by atoms with van der Waals surface area (Å²) >= 11 is 0. The zero-order valence-corrected chi connectivity index (χ0v) is 12.4. The molecule has 0 spiro atoms. The Balaban J connectivity index is 1.68. The summed E-state index contributed by atoms with van der Waals surface area (Å²) in [6, 6.07) is 4.90. The predicted octanol–water partition coefficient (Wildman–Crippen LogP) is 3.05. The Morgan fingerprint density at radius 1 is 1.08 bits per heavy atom. The second-order valence-electron chi connectivity index (χ2n) is 4.82. The third kappa shape index (κ3) is 3.51. The summed E-state index contributed by atoms with van der Waals surface area (Å²) in [5.74, 6) is -1.33. The van der Waals surface area contributed by atoms with Crippen LogP contribution in [-0.4, -0.2) is 21.0 Å². The molecule has 122 valence electrons. The van der Waals surface area contributed by atoms with E-state index >= 15 is 0 Å². The Morgan fingerprint density at radius 3 is 2.54 bits per heavy atom. The minimum atomic E-state index is -0.980. The molecule has 3 rings (SSSR count). The lowest BCUT2D eigenvalue weighted by atomic mass is 10.3. The highest BCUT2D eigenvalue weighted by Crippen LogP contribution is 2.17. The fraction of sp³-hybridized carbons (Fsp3) is 0.0667. The number of halogens is 2. The van der Waals surface area contributed by atoms with E-state index in [1.54, 1.807) is 13.0 Å². The molecule has 0 saturated carbocycles. The van der Waals surface area contributed by atoms with Crippen molar-refractivity contribution in [3.63, 3.8) is 0 Å². The molecule has 9 heteroatoms. The maximum absolute atomic E-state index is 13.1. The minimum absolute atomic E-state index is 0.0616. The van der Waals surface area contributed by atoms with Crippen LogP contribution >= 0.6 is 0 Å². The number of carbonyl (C=O) groups is 1. The number of nitrogens with zero attached hydrogens (tertiary/aromatic N) is 3. The summed E-state index contributed by atoms with van der Waals surface area (Å²) in [5, 5.41) is 8.89. The van der Waals surface area contributed by atoms with Gasteiger partial charge in [0.05, 0.1) is 12.4 Å². The molecule has 0 bridgehead atoms. The molecule has 0 unspecified atom stereocenters. The van der Waals surface area contributed by atoms with Crippen LogP contribution in [0.25, 0.3) is 0 Å². The highest BCUT2D eigenvalue weighted by Gasteiger charge is 2.11. The van der Waals surface area contributed by atoms with E-state index in [0.717, 1.165) is 12.1 Å². The SMILES string of the molecule is Cc1cc(NC(=O)c2cnc(Nc3ccc(F)c(F)c3)cn2)no1. The normalized spacial score (nSPS) is 10.5. The van der Waals surface area contributed by atoms with Gasteiger partial charge in [-0.2, -0.15) is 0 Å². The summed E-state index contributed by atoms with van der Waals surface area (Å²) in [7, 11) is 0. The topological polar surface area (TPSA) is 92.9 Å². The number of hydrogen-bond donors (Lipinski definition) is 2. The molecule has 1 aromatic carbocycles. The number of rotatable bonds is 4. The van der Waals surface area contributed by atoms with Crippen LogP contribution in [0.2, 0.25) is 0 Å².